The van der Waals surface area contributed by atoms with Gasteiger partial charge in [-0.05, 0) is 35.4 Å². The number of amides is 6. The Bertz CT molecular complexity index is 2980. The van der Waals surface area contributed by atoms with Crippen molar-refractivity contribution in [3.05, 3.63) is 65.5 Å². The van der Waals surface area contributed by atoms with Crippen LogP contribution in [0.3, 0.4) is 0 Å². The molecule has 2 aromatic rings. The highest BCUT2D eigenvalue weighted by molar-refractivity contribution is 5.98. The molecule has 0 radical (unpaired) electrons. The zero-order valence-corrected chi connectivity index (χ0v) is 48.8. The molecule has 6 aliphatic rings. The number of benzene rings is 2. The first kappa shape index (κ1) is 70.7. The number of aliphatic hydroxyl groups is 14. The molecule has 92 heavy (non-hydrogen) atoms. The highest BCUT2D eigenvalue weighted by Crippen LogP contribution is 2.32. The first-order chi connectivity index (χ1) is 43.7. The van der Waals surface area contributed by atoms with Crippen molar-refractivity contribution in [2.45, 2.75) is 166 Å². The van der Waals surface area contributed by atoms with Gasteiger partial charge in [0, 0.05) is 12.3 Å². The molecular formula is C54H77FN12O25. The number of aliphatic hydroxyl groups excluding tert-OH is 14. The second-order valence-corrected chi connectivity index (χ2v) is 22.7. The van der Waals surface area contributed by atoms with Gasteiger partial charge in [0.15, 0.2) is 24.4 Å². The van der Waals surface area contributed by atoms with Gasteiger partial charge in [0.05, 0.1) is 58.1 Å². The Morgan fingerprint density at radius 3 is 1.83 bits per heavy atom. The topological polar surface area (TPSA) is 596 Å². The lowest BCUT2D eigenvalue weighted by Crippen LogP contribution is -2.70. The van der Waals surface area contributed by atoms with Crippen LogP contribution in [0, 0.1) is 5.82 Å². The number of hydrogen-bond donors (Lipinski definition) is 23. The molecular weight excluding hydrogens is 1240 g/mol. The maximum Gasteiger partial charge on any atom is 0.246 e. The van der Waals surface area contributed by atoms with Crippen LogP contribution >= 0.6 is 0 Å². The second-order valence-electron chi connectivity index (χ2n) is 22.7. The molecule has 510 valence electrons. The number of nitrogens with one attached hydrogen (secondary N) is 7. The van der Waals surface area contributed by atoms with E-state index in [0.717, 1.165) is 17.0 Å². The van der Waals surface area contributed by atoms with Gasteiger partial charge in [-0.15, -0.1) is 0 Å². The van der Waals surface area contributed by atoms with Gasteiger partial charge in [0.25, 0.3) is 0 Å². The third-order valence-corrected chi connectivity index (χ3v) is 16.6. The molecule has 0 aliphatic carbocycles. The summed E-state index contributed by atoms with van der Waals surface area (Å²) in [4.78, 5) is 95.9. The summed E-state index contributed by atoms with van der Waals surface area (Å²) in [6.07, 6.45) is -32.1. The molecule has 25 N–H and O–H groups in total. The van der Waals surface area contributed by atoms with E-state index in [1.54, 1.807) is 0 Å². The average molecular weight is 1310 g/mol. The van der Waals surface area contributed by atoms with Gasteiger partial charge < -0.3 is 149 Å². The zero-order chi connectivity index (χ0) is 67.2. The molecule has 5 unspecified atom stereocenters. The number of nitrogens with zero attached hydrogens (tertiary/aromatic N) is 3. The first-order valence-corrected chi connectivity index (χ1v) is 29.0. The van der Waals surface area contributed by atoms with Crippen LogP contribution in [0.1, 0.15) is 24.0 Å². The van der Waals surface area contributed by atoms with Gasteiger partial charge in [-0.3, -0.25) is 38.8 Å². The van der Waals surface area contributed by atoms with Crippen LogP contribution in [0.4, 0.5) is 4.39 Å². The molecule has 0 saturated carbocycles. The zero-order valence-electron chi connectivity index (χ0n) is 48.8. The van der Waals surface area contributed by atoms with E-state index >= 15 is 9.59 Å². The van der Waals surface area contributed by atoms with Crippen LogP contribution in [0.25, 0.3) is 0 Å². The van der Waals surface area contributed by atoms with Crippen molar-refractivity contribution in [1.29, 1.82) is 0 Å². The van der Waals surface area contributed by atoms with E-state index in [1.807, 2.05) is 0 Å². The van der Waals surface area contributed by atoms with Crippen molar-refractivity contribution in [2.75, 3.05) is 46.1 Å². The summed E-state index contributed by atoms with van der Waals surface area (Å²) in [6.45, 7) is -4.32. The molecule has 4 fully saturated rings. The molecule has 0 aromatic heterocycles. The van der Waals surface area contributed by atoms with E-state index in [9.17, 15) is 95.1 Å². The SMILES string of the molecule is CC(c1cccc(F)c1)[C@@H]1NC(=O)CNC(=O)[C@H](CO)NC(=O)[C@@H](C(O)C2CN=C(N)N2[C@H]2O[C@H](CO)[C@@H](O)[C@H](O)[C@@H]2O)NC(=O)[C@H](C(O)C2CN=C(N)N2)NC(=O)[C@@H](Cc2ccc(O[C@H]3O[C@H](CO)[C@@H](O[C@H]4O[C@H](CO)[C@@H](O)[C@H](O)[C@@H]4O)[C@H](O)[C@@H]3O)cc2)NC1=O. The quantitative estimate of drug-likeness (QED) is 0.0699. The molecule has 6 heterocycles. The maximum absolute atomic E-state index is 15.1. The van der Waals surface area contributed by atoms with Gasteiger partial charge in [-0.25, -0.2) is 4.39 Å². The number of carbonyl (C=O) groups is 6. The summed E-state index contributed by atoms with van der Waals surface area (Å²) in [7, 11) is 0. The van der Waals surface area contributed by atoms with Crippen LogP contribution in [-0.2, 0) is 54.1 Å². The van der Waals surface area contributed by atoms with E-state index in [2.05, 4.69) is 47.2 Å². The van der Waals surface area contributed by atoms with E-state index in [-0.39, 0.29) is 29.4 Å². The number of halogens is 1. The fourth-order valence-electron chi connectivity index (χ4n) is 11.2. The molecule has 0 spiro atoms. The fourth-order valence-corrected chi connectivity index (χ4v) is 11.2. The molecule has 6 aliphatic heterocycles. The minimum Gasteiger partial charge on any atom is -0.462 e. The molecule has 38 heteroatoms. The third-order valence-electron chi connectivity index (χ3n) is 16.6. The van der Waals surface area contributed by atoms with Crippen LogP contribution in [-0.4, -0.2) is 316 Å². The second kappa shape index (κ2) is 30.7. The van der Waals surface area contributed by atoms with Crippen LogP contribution in [0.15, 0.2) is 58.5 Å². The lowest BCUT2D eigenvalue weighted by molar-refractivity contribution is -0.352. The Labute approximate surface area is 521 Å². The fraction of sp³-hybridized carbons (Fsp3) is 0.630. The summed E-state index contributed by atoms with van der Waals surface area (Å²) < 4.78 is 43.0. The normalized spacial score (nSPS) is 37.3. The Kier molecular flexibility index (Phi) is 23.6. The van der Waals surface area contributed by atoms with Crippen molar-refractivity contribution in [3.8, 4) is 5.75 Å². The lowest BCUT2D eigenvalue weighted by Gasteiger charge is -2.46. The summed E-state index contributed by atoms with van der Waals surface area (Å²) in [6, 6.07) is -3.13. The molecule has 8 rings (SSSR count). The monoisotopic (exact) mass is 1310 g/mol. The van der Waals surface area contributed by atoms with Crippen LogP contribution in [0.2, 0.25) is 0 Å². The number of ether oxygens (including phenoxy) is 5. The smallest absolute Gasteiger partial charge is 0.246 e. The molecule has 25 atom stereocenters. The average Bonchev–Trinajstić information content (AvgIpc) is 1.45. The lowest BCUT2D eigenvalue weighted by atomic mass is 9.91. The van der Waals surface area contributed by atoms with Gasteiger partial charge in [0.2, 0.25) is 41.7 Å². The largest absolute Gasteiger partial charge is 0.462 e. The molecule has 0 bridgehead atoms. The Hall–Kier alpha value is -7.19. The predicted octanol–water partition coefficient (Wildman–Crippen LogP) is -13.5. The molecule has 37 nitrogen and oxygen atoms in total. The van der Waals surface area contributed by atoms with Gasteiger partial charge >= 0.3 is 0 Å². The number of hydrogen-bond acceptors (Lipinski definition) is 31. The number of guanidine groups is 2. The molecule has 2 aromatic carbocycles. The van der Waals surface area contributed by atoms with Gasteiger partial charge in [0.1, 0.15) is 127 Å². The summed E-state index contributed by atoms with van der Waals surface area (Å²) >= 11 is 0. The third kappa shape index (κ3) is 15.7. The summed E-state index contributed by atoms with van der Waals surface area (Å²) in [5.41, 5.74) is 12.4. The Morgan fingerprint density at radius 2 is 1.20 bits per heavy atom. The molecule has 6 amide bonds. The van der Waals surface area contributed by atoms with E-state index in [1.165, 1.54) is 43.3 Å². The number of carbonyl (C=O) groups excluding carboxylic acids is 6. The van der Waals surface area contributed by atoms with E-state index in [4.69, 9.17) is 35.2 Å². The highest BCUT2D eigenvalue weighted by atomic mass is 19.1. The Balaban J connectivity index is 1.11. The summed E-state index contributed by atoms with van der Waals surface area (Å²) in [5, 5.41) is 167. The van der Waals surface area contributed by atoms with Crippen molar-refractivity contribution in [1.82, 2.24) is 42.1 Å². The minimum absolute atomic E-state index is 0.105. The van der Waals surface area contributed by atoms with Crippen molar-refractivity contribution in [3.63, 3.8) is 0 Å². The van der Waals surface area contributed by atoms with Gasteiger partial charge in [-0.2, -0.15) is 0 Å². The van der Waals surface area contributed by atoms with Crippen molar-refractivity contribution < 1.29 is 128 Å². The predicted molar refractivity (Wildman–Crippen MR) is 303 cm³/mol. The van der Waals surface area contributed by atoms with E-state index in [0.29, 0.717) is 0 Å². The summed E-state index contributed by atoms with van der Waals surface area (Å²) in [5.74, 6) is -10.5. The number of nitrogens with two attached hydrogens (primary N) is 2. The first-order valence-electron chi connectivity index (χ1n) is 29.0. The van der Waals surface area contributed by atoms with Crippen molar-refractivity contribution in [2.24, 2.45) is 21.5 Å². The Morgan fingerprint density at radius 1 is 0.609 bits per heavy atom. The minimum atomic E-state index is -2.38. The maximum atomic E-state index is 15.1. The number of rotatable bonds is 17. The molecule has 4 saturated heterocycles. The van der Waals surface area contributed by atoms with Gasteiger partial charge in [-0.1, -0.05) is 31.2 Å². The van der Waals surface area contributed by atoms with Crippen molar-refractivity contribution >= 4 is 47.4 Å². The van der Waals surface area contributed by atoms with Crippen LogP contribution < -0.4 is 53.4 Å². The van der Waals surface area contributed by atoms with Crippen LogP contribution in [0.5, 0.6) is 5.75 Å². The number of aliphatic imine (C=N–C) groups is 2. The highest BCUT2D eigenvalue weighted by Gasteiger charge is 2.54. The van der Waals surface area contributed by atoms with E-state index < -0.39 is 246 Å². The standard InChI is InChI=1S/C54H77FN12O25/c1-18(20-3-2-4-21(55)10-20)31-47(85)61-23(9-19-5-7-22(8-6-19)88-51-43(82)40(79)44(29(17-71)91-51)92-52-42(81)39(78)37(76)28(16-70)90-52)46(84)65-32(34(73)24-11-59-53(56)63-24)49(87)66-33(48(86)62-25(14-68)45(83)58-13-30(72)64-31)35(74)26-12-60-54(57)67(26)50-41(80)38(77)36(75)27(15-69)89-50/h2-8,10,18,23-29,31-44,50-52,68-71,73-82H,9,11-17H2,1H3,(H2,57,60)(H,58,83)(H,61,85)(H,62,86)(H,64,72)(H,65,84)(H,66,87)(H3,56,59,63)/t18?,23-,24?,25+,26?,27-,28-,29-,31+,32+,33-,34?,35?,36-,37-,38+,39+,40-,41+,42+,43+,44-,50+,51+,52-/m1/s1.